The third-order valence-corrected chi connectivity index (χ3v) is 3.69. The Bertz CT molecular complexity index is 693. The minimum Gasteiger partial charge on any atom is -0.480 e. The monoisotopic (exact) mass is 317 g/mol. The van der Waals surface area contributed by atoms with Gasteiger partial charge < -0.3 is 21.1 Å². The zero-order chi connectivity index (χ0) is 17.0. The van der Waals surface area contributed by atoms with Crippen LogP contribution in [-0.4, -0.2) is 34.1 Å². The number of benzene rings is 1. The summed E-state index contributed by atoms with van der Waals surface area (Å²) in [6, 6.07) is 7.12. The van der Waals surface area contributed by atoms with E-state index in [0.29, 0.717) is 12.3 Å². The van der Waals surface area contributed by atoms with Crippen molar-refractivity contribution in [3.05, 3.63) is 36.0 Å². The van der Waals surface area contributed by atoms with Gasteiger partial charge in [0.2, 0.25) is 5.91 Å². The Morgan fingerprint density at radius 3 is 2.52 bits per heavy atom. The summed E-state index contributed by atoms with van der Waals surface area (Å²) in [6.45, 7) is 4.24. The molecule has 6 nitrogen and oxygen atoms in total. The molecule has 1 aromatic heterocycles. The van der Waals surface area contributed by atoms with E-state index in [4.69, 9.17) is 10.8 Å². The predicted octanol–water partition coefficient (Wildman–Crippen LogP) is 1.65. The summed E-state index contributed by atoms with van der Waals surface area (Å²) in [5.74, 6) is -0.113. The van der Waals surface area contributed by atoms with Gasteiger partial charge in [-0.3, -0.25) is 9.59 Å². The maximum atomic E-state index is 10.6. The van der Waals surface area contributed by atoms with Crippen LogP contribution in [0, 0.1) is 5.92 Å². The van der Waals surface area contributed by atoms with Gasteiger partial charge in [-0.1, -0.05) is 32.0 Å². The number of carboxylic acid groups (broad SMARTS) is 1. The van der Waals surface area contributed by atoms with E-state index >= 15 is 0 Å². The van der Waals surface area contributed by atoms with Crippen LogP contribution in [0.5, 0.6) is 0 Å². The molecular formula is C17H23N3O3. The molecule has 0 spiro atoms. The molecule has 1 aliphatic heterocycles. The summed E-state index contributed by atoms with van der Waals surface area (Å²) in [5, 5.41) is 12.5. The van der Waals surface area contributed by atoms with Gasteiger partial charge in [-0.2, -0.15) is 0 Å². The highest BCUT2D eigenvalue weighted by molar-refractivity contribution is 5.96. The lowest BCUT2D eigenvalue weighted by molar-refractivity contribution is -0.138. The summed E-state index contributed by atoms with van der Waals surface area (Å²) in [4.78, 5) is 24.0. The first-order chi connectivity index (χ1) is 10.9. The number of amides is 1. The van der Waals surface area contributed by atoms with E-state index in [2.05, 4.69) is 24.1 Å². The van der Waals surface area contributed by atoms with Crippen LogP contribution < -0.4 is 11.1 Å². The van der Waals surface area contributed by atoms with E-state index in [1.807, 2.05) is 30.5 Å². The molecule has 1 aromatic carbocycles. The maximum absolute atomic E-state index is 10.6. The van der Waals surface area contributed by atoms with Crippen LogP contribution in [-0.2, 0) is 16.0 Å². The number of hydrogen-bond donors (Lipinski definition) is 4. The van der Waals surface area contributed by atoms with Crippen molar-refractivity contribution in [2.75, 3.05) is 0 Å². The number of aromatic amines is 1. The van der Waals surface area contributed by atoms with E-state index in [-0.39, 0.29) is 11.9 Å². The number of nitrogens with two attached hydrogens (primary N) is 1. The molecule has 2 atom stereocenters. The van der Waals surface area contributed by atoms with Gasteiger partial charge >= 0.3 is 5.97 Å². The van der Waals surface area contributed by atoms with Crippen LogP contribution in [0.25, 0.3) is 10.9 Å². The smallest absolute Gasteiger partial charge is 0.320 e. The fourth-order valence-corrected chi connectivity index (χ4v) is 2.39. The first kappa shape index (κ1) is 17.0. The van der Waals surface area contributed by atoms with Gasteiger partial charge in [-0.25, -0.2) is 0 Å². The number of para-hydroxylation sites is 1. The quantitative estimate of drug-likeness (QED) is 0.627. The molecule has 124 valence electrons. The van der Waals surface area contributed by atoms with Crippen molar-refractivity contribution in [2.24, 2.45) is 11.7 Å². The van der Waals surface area contributed by atoms with E-state index in [1.165, 1.54) is 0 Å². The van der Waals surface area contributed by atoms with Crippen LogP contribution >= 0.6 is 0 Å². The van der Waals surface area contributed by atoms with E-state index in [9.17, 15) is 9.59 Å². The summed E-state index contributed by atoms with van der Waals surface area (Å²) in [6.07, 6.45) is 3.16. The Hall–Kier alpha value is -2.34. The van der Waals surface area contributed by atoms with Crippen LogP contribution in [0.3, 0.4) is 0 Å². The fraction of sp³-hybridized carbons (Fsp3) is 0.412. The highest BCUT2D eigenvalue weighted by Crippen LogP contribution is 2.18. The SMILES string of the molecule is CC(C)CC1NC1=O.N[C@@H](Cc1c[nH]c2ccccc12)C(=O)O. The molecular weight excluding hydrogens is 294 g/mol. The lowest BCUT2D eigenvalue weighted by Gasteiger charge is -2.04. The first-order valence-corrected chi connectivity index (χ1v) is 7.72. The van der Waals surface area contributed by atoms with Crippen molar-refractivity contribution in [1.29, 1.82) is 0 Å². The molecule has 6 heteroatoms. The molecule has 2 aromatic rings. The largest absolute Gasteiger partial charge is 0.480 e. The normalized spacial score (nSPS) is 17.4. The number of fused-ring (bicyclic) bond motifs is 1. The van der Waals surface area contributed by atoms with Crippen LogP contribution in [0.15, 0.2) is 30.5 Å². The second-order valence-electron chi connectivity index (χ2n) is 6.20. The molecule has 1 amide bonds. The third kappa shape index (κ3) is 4.82. The average molecular weight is 317 g/mol. The predicted molar refractivity (Wildman–Crippen MR) is 89.0 cm³/mol. The molecule has 1 fully saturated rings. The minimum absolute atomic E-state index is 0.204. The lowest BCUT2D eigenvalue weighted by Crippen LogP contribution is -2.32. The number of nitrogens with one attached hydrogen (secondary N) is 2. The summed E-state index contributed by atoms with van der Waals surface area (Å²) in [5.41, 5.74) is 7.43. The molecule has 0 saturated carbocycles. The van der Waals surface area contributed by atoms with Crippen molar-refractivity contribution in [3.63, 3.8) is 0 Å². The molecule has 0 bridgehead atoms. The molecule has 1 unspecified atom stereocenters. The van der Waals surface area contributed by atoms with Gasteiger partial charge in [0.1, 0.15) is 12.1 Å². The van der Waals surface area contributed by atoms with E-state index < -0.39 is 12.0 Å². The fourth-order valence-electron chi connectivity index (χ4n) is 2.39. The Morgan fingerprint density at radius 2 is 2.00 bits per heavy atom. The van der Waals surface area contributed by atoms with Crippen LogP contribution in [0.4, 0.5) is 0 Å². The highest BCUT2D eigenvalue weighted by atomic mass is 16.4. The van der Waals surface area contributed by atoms with Crippen molar-refractivity contribution < 1.29 is 14.7 Å². The molecule has 0 radical (unpaired) electrons. The number of carbonyl (C=O) groups is 2. The summed E-state index contributed by atoms with van der Waals surface area (Å²) >= 11 is 0. The molecule has 0 aliphatic carbocycles. The van der Waals surface area contributed by atoms with Crippen LogP contribution in [0.1, 0.15) is 25.8 Å². The Kier molecular flexibility index (Phi) is 5.39. The van der Waals surface area contributed by atoms with Crippen molar-refractivity contribution in [3.8, 4) is 0 Å². The number of carboxylic acids is 1. The van der Waals surface area contributed by atoms with Crippen molar-refractivity contribution >= 4 is 22.8 Å². The van der Waals surface area contributed by atoms with Crippen molar-refractivity contribution in [1.82, 2.24) is 10.3 Å². The standard InChI is InChI=1S/C11H12N2O2.C6H11NO/c12-9(11(14)15)5-7-6-13-10-4-2-1-3-8(7)10;1-4(2)3-5-6(8)7-5/h1-4,6,9,13H,5,12H2,(H,14,15);4-5H,3H2,1-2H3,(H,7,8)/t9-;/m0./s1. The Balaban J connectivity index is 0.000000203. The maximum Gasteiger partial charge on any atom is 0.320 e. The second-order valence-corrected chi connectivity index (χ2v) is 6.20. The van der Waals surface area contributed by atoms with Gasteiger partial charge in [-0.05, 0) is 24.0 Å². The number of hydrogen-bond acceptors (Lipinski definition) is 3. The van der Waals surface area contributed by atoms with Crippen molar-refractivity contribution in [2.45, 2.75) is 38.8 Å². The molecule has 3 rings (SSSR count). The third-order valence-electron chi connectivity index (χ3n) is 3.69. The zero-order valence-electron chi connectivity index (χ0n) is 13.4. The highest BCUT2D eigenvalue weighted by Gasteiger charge is 2.33. The molecule has 5 N–H and O–H groups in total. The summed E-state index contributed by atoms with van der Waals surface area (Å²) < 4.78 is 0. The van der Waals surface area contributed by atoms with Crippen LogP contribution in [0.2, 0.25) is 0 Å². The molecule has 1 aliphatic rings. The number of H-pyrrole nitrogens is 1. The summed E-state index contributed by atoms with van der Waals surface area (Å²) in [7, 11) is 0. The number of rotatable bonds is 5. The lowest BCUT2D eigenvalue weighted by atomic mass is 10.1. The average Bonchev–Trinajstić information content (AvgIpc) is 3.02. The van der Waals surface area contributed by atoms with E-state index in [1.54, 1.807) is 0 Å². The Morgan fingerprint density at radius 1 is 1.35 bits per heavy atom. The topological polar surface area (TPSA) is 118 Å². The first-order valence-electron chi connectivity index (χ1n) is 7.72. The van der Waals surface area contributed by atoms with Gasteiger partial charge in [0.15, 0.2) is 0 Å². The van der Waals surface area contributed by atoms with Gasteiger partial charge in [0.05, 0.1) is 0 Å². The minimum atomic E-state index is -0.972. The van der Waals surface area contributed by atoms with Gasteiger partial charge in [0, 0.05) is 23.5 Å². The number of aliphatic carboxylic acids is 1. The van der Waals surface area contributed by atoms with Gasteiger partial charge in [-0.15, -0.1) is 0 Å². The van der Waals surface area contributed by atoms with Gasteiger partial charge in [0.25, 0.3) is 0 Å². The zero-order valence-corrected chi connectivity index (χ0v) is 13.4. The number of carbonyl (C=O) groups excluding carboxylic acids is 1. The second kappa shape index (κ2) is 7.28. The Labute approximate surface area is 135 Å². The van der Waals surface area contributed by atoms with E-state index in [0.717, 1.165) is 22.9 Å². The number of aromatic nitrogens is 1. The molecule has 1 saturated heterocycles. The molecule has 2 heterocycles. The molecule has 23 heavy (non-hydrogen) atoms.